The summed E-state index contributed by atoms with van der Waals surface area (Å²) in [4.78, 5) is 13.1. The number of hydrogen-bond acceptors (Lipinski definition) is 7. The highest BCUT2D eigenvalue weighted by atomic mass is 35.5. The maximum Gasteiger partial charge on any atom is 0.261 e. The van der Waals surface area contributed by atoms with Crippen molar-refractivity contribution in [3.05, 3.63) is 53.0 Å². The molecule has 12 heteroatoms. The fourth-order valence-corrected chi connectivity index (χ4v) is 4.05. The van der Waals surface area contributed by atoms with Gasteiger partial charge in [-0.1, -0.05) is 30.3 Å². The van der Waals surface area contributed by atoms with E-state index in [1.54, 1.807) is 0 Å². The molecule has 0 saturated heterocycles. The van der Waals surface area contributed by atoms with Gasteiger partial charge in [0, 0.05) is 16.3 Å². The minimum Gasteiger partial charge on any atom is -0.456 e. The number of furan rings is 1. The van der Waals surface area contributed by atoms with E-state index >= 15 is 0 Å². The van der Waals surface area contributed by atoms with Crippen LogP contribution in [0.4, 0.5) is 0 Å². The van der Waals surface area contributed by atoms with Gasteiger partial charge >= 0.3 is 0 Å². The molecule has 0 bridgehead atoms. The Hall–Kier alpha value is -3.76. The van der Waals surface area contributed by atoms with Crippen LogP contribution in [0.25, 0.3) is 50.7 Å². The van der Waals surface area contributed by atoms with E-state index in [4.69, 9.17) is 32.6 Å². The average molecular weight is 436 g/mol. The number of aromatic nitrogens is 9. The Bertz CT molecular complexity index is 1720. The van der Waals surface area contributed by atoms with Crippen LogP contribution in [0, 0.1) is 0 Å². The van der Waals surface area contributed by atoms with Gasteiger partial charge in [0.05, 0.1) is 0 Å². The Morgan fingerprint density at radius 1 is 0.667 bits per heavy atom. The zero-order valence-corrected chi connectivity index (χ0v) is 16.2. The Balaban J connectivity index is 1.64. The van der Waals surface area contributed by atoms with Gasteiger partial charge in [-0.05, 0) is 35.3 Å². The Morgan fingerprint density at radius 2 is 1.30 bits per heavy atom. The van der Waals surface area contributed by atoms with Gasteiger partial charge in [-0.2, -0.15) is 28.5 Å². The van der Waals surface area contributed by atoms with Crippen LogP contribution < -0.4 is 0 Å². The lowest BCUT2D eigenvalue weighted by Gasteiger charge is -1.97. The largest absolute Gasteiger partial charge is 0.456 e. The third-order valence-electron chi connectivity index (χ3n) is 4.93. The van der Waals surface area contributed by atoms with Crippen LogP contribution in [-0.4, -0.2) is 43.8 Å². The van der Waals surface area contributed by atoms with Gasteiger partial charge in [0.1, 0.15) is 11.2 Å². The monoisotopic (exact) mass is 435 g/mol. The molecule has 10 nitrogen and oxygen atoms in total. The minimum atomic E-state index is 0.0449. The molecule has 0 unspecified atom stereocenters. The van der Waals surface area contributed by atoms with Crippen LogP contribution in [0.3, 0.4) is 0 Å². The van der Waals surface area contributed by atoms with Crippen molar-refractivity contribution in [1.82, 2.24) is 43.8 Å². The normalized spacial score (nSPS) is 12.3. The number of para-hydroxylation sites is 1. The zero-order chi connectivity index (χ0) is 20.0. The van der Waals surface area contributed by atoms with Gasteiger partial charge in [-0.25, -0.2) is 0 Å². The number of hydrogen-bond donors (Lipinski definition) is 0. The summed E-state index contributed by atoms with van der Waals surface area (Å²) in [7, 11) is 0. The molecule has 0 aliphatic rings. The second-order valence-corrected chi connectivity index (χ2v) is 7.29. The van der Waals surface area contributed by atoms with Crippen molar-refractivity contribution < 1.29 is 4.42 Å². The molecule has 0 aliphatic carbocycles. The minimum absolute atomic E-state index is 0.0449. The average Bonchev–Trinajstić information content (AvgIpc) is 3.49. The van der Waals surface area contributed by atoms with E-state index in [2.05, 4.69) is 25.3 Å². The lowest BCUT2D eigenvalue weighted by molar-refractivity contribution is 0.669. The molecule has 7 aromatic rings. The maximum absolute atomic E-state index is 6.04. The van der Waals surface area contributed by atoms with Crippen molar-refractivity contribution in [3.8, 4) is 11.4 Å². The Morgan fingerprint density at radius 3 is 2.07 bits per heavy atom. The molecule has 5 aromatic heterocycles. The molecule has 0 aliphatic heterocycles. The lowest BCUT2D eigenvalue weighted by atomic mass is 10.1. The molecule has 0 fully saturated rings. The van der Waals surface area contributed by atoms with Crippen molar-refractivity contribution in [1.29, 1.82) is 0 Å². The van der Waals surface area contributed by atoms with E-state index in [1.165, 1.54) is 13.5 Å². The van der Waals surface area contributed by atoms with Gasteiger partial charge in [-0.3, -0.25) is 0 Å². The van der Waals surface area contributed by atoms with Crippen LogP contribution in [-0.2, 0) is 0 Å². The van der Waals surface area contributed by atoms with Crippen LogP contribution in [0.1, 0.15) is 0 Å². The highest BCUT2D eigenvalue weighted by molar-refractivity contribution is 6.28. The van der Waals surface area contributed by atoms with E-state index in [0.29, 0.717) is 23.2 Å². The predicted molar refractivity (Wildman–Crippen MR) is 109 cm³/mol. The van der Waals surface area contributed by atoms with Crippen molar-refractivity contribution in [2.24, 2.45) is 0 Å². The predicted octanol–water partition coefficient (Wildman–Crippen LogP) is 3.69. The standard InChI is InChI=1S/C18H7Cl2N9O/c19-14-22-17-27-16(28-18(29(17)26-14)23-15(20)25-28)21-13(24-27)9-5-3-7-11-12(9)8-4-1-2-6-10(8)30-11/h1-7H. The Labute approximate surface area is 175 Å². The number of benzene rings is 2. The number of halogens is 2. The highest BCUT2D eigenvalue weighted by Crippen LogP contribution is 2.35. The third-order valence-corrected chi connectivity index (χ3v) is 5.25. The molecule has 144 valence electrons. The molecule has 0 radical (unpaired) electrons. The first-order valence-electron chi connectivity index (χ1n) is 8.81. The van der Waals surface area contributed by atoms with E-state index < -0.39 is 0 Å². The van der Waals surface area contributed by atoms with Crippen molar-refractivity contribution in [2.45, 2.75) is 0 Å². The summed E-state index contributed by atoms with van der Waals surface area (Å²) in [5.41, 5.74) is 2.35. The van der Waals surface area contributed by atoms with Crippen LogP contribution in [0.2, 0.25) is 10.6 Å². The maximum atomic E-state index is 6.04. The highest BCUT2D eigenvalue weighted by Gasteiger charge is 2.21. The number of fused-ring (bicyclic) bond motifs is 9. The van der Waals surface area contributed by atoms with Crippen molar-refractivity contribution in [2.75, 3.05) is 0 Å². The van der Waals surface area contributed by atoms with Gasteiger partial charge < -0.3 is 4.42 Å². The number of rotatable bonds is 1. The van der Waals surface area contributed by atoms with Gasteiger partial charge in [0.15, 0.2) is 5.82 Å². The second kappa shape index (κ2) is 5.43. The summed E-state index contributed by atoms with van der Waals surface area (Å²) in [6.45, 7) is 0. The molecule has 30 heavy (non-hydrogen) atoms. The summed E-state index contributed by atoms with van der Waals surface area (Å²) in [6, 6.07) is 13.6. The fraction of sp³-hybridized carbons (Fsp3) is 0. The van der Waals surface area contributed by atoms with Gasteiger partial charge in [0.25, 0.3) is 17.3 Å². The molecule has 0 spiro atoms. The quantitative estimate of drug-likeness (QED) is 0.387. The lowest BCUT2D eigenvalue weighted by Crippen LogP contribution is -2.06. The topological polar surface area (TPSA) is 104 Å². The summed E-state index contributed by atoms with van der Waals surface area (Å²) < 4.78 is 10.4. The first kappa shape index (κ1) is 16.1. The van der Waals surface area contributed by atoms with Gasteiger partial charge in [-0.15, -0.1) is 15.3 Å². The Kier molecular flexibility index (Phi) is 2.91. The molecular weight excluding hydrogens is 429 g/mol. The molecule has 0 amide bonds. The molecule has 5 heterocycles. The van der Waals surface area contributed by atoms with Crippen LogP contribution >= 0.6 is 23.2 Å². The molecule has 2 aromatic carbocycles. The molecule has 0 N–H and O–H groups in total. The van der Waals surface area contributed by atoms with E-state index in [1.807, 2.05) is 42.5 Å². The molecule has 7 rings (SSSR count). The summed E-state index contributed by atoms with van der Waals surface area (Å²) in [6.07, 6.45) is 0. The third kappa shape index (κ3) is 1.98. The van der Waals surface area contributed by atoms with E-state index in [9.17, 15) is 0 Å². The fourth-order valence-electron chi connectivity index (χ4n) is 3.75. The van der Waals surface area contributed by atoms with Gasteiger partial charge in [0.2, 0.25) is 10.6 Å². The van der Waals surface area contributed by atoms with E-state index in [-0.39, 0.29) is 10.6 Å². The first-order chi connectivity index (χ1) is 14.7. The summed E-state index contributed by atoms with van der Waals surface area (Å²) >= 11 is 12.1. The molecule has 0 atom stereocenters. The SMILES string of the molecule is Clc1nc2n(n1)c1nc(Cl)nn1c1nc(-c3cccc4oc5ccccc5c34)nn21. The second-order valence-electron chi connectivity index (χ2n) is 6.61. The molecular formula is C18H7Cl2N9O. The van der Waals surface area contributed by atoms with Crippen LogP contribution in [0.15, 0.2) is 46.9 Å². The van der Waals surface area contributed by atoms with Crippen molar-refractivity contribution in [3.63, 3.8) is 0 Å². The first-order valence-corrected chi connectivity index (χ1v) is 9.57. The van der Waals surface area contributed by atoms with Crippen molar-refractivity contribution >= 4 is 62.5 Å². The smallest absolute Gasteiger partial charge is 0.261 e. The van der Waals surface area contributed by atoms with E-state index in [0.717, 1.165) is 27.5 Å². The summed E-state index contributed by atoms with van der Waals surface area (Å²) in [5, 5.41) is 15.0. The van der Waals surface area contributed by atoms with Crippen LogP contribution in [0.5, 0.6) is 0 Å². The summed E-state index contributed by atoms with van der Waals surface area (Å²) in [5.74, 6) is 1.51. The zero-order valence-electron chi connectivity index (χ0n) is 14.7. The molecule has 0 saturated carbocycles. The number of nitrogens with zero attached hydrogens (tertiary/aromatic N) is 9.